The van der Waals surface area contributed by atoms with Gasteiger partial charge in [0.15, 0.2) is 5.84 Å². The molecule has 5 rings (SSSR count). The summed E-state index contributed by atoms with van der Waals surface area (Å²) in [7, 11) is 3.42. The maximum absolute atomic E-state index is 14.0. The van der Waals surface area contributed by atoms with Gasteiger partial charge in [-0.25, -0.2) is 19.8 Å². The summed E-state index contributed by atoms with van der Waals surface area (Å²) in [4.78, 5) is 19.3. The van der Waals surface area contributed by atoms with Gasteiger partial charge in [0.1, 0.15) is 29.8 Å². The number of fused-ring (bicyclic) bond motifs is 1. The zero-order valence-electron chi connectivity index (χ0n) is 17.6. The molecule has 0 bridgehead atoms. The number of methoxy groups -OCH3 is 1. The molecule has 0 aliphatic carbocycles. The second-order valence-electron chi connectivity index (χ2n) is 7.53. The summed E-state index contributed by atoms with van der Waals surface area (Å²) >= 11 is 6.04. The van der Waals surface area contributed by atoms with Crippen molar-refractivity contribution in [3.05, 3.63) is 70.8 Å². The number of imidazole rings is 1. The van der Waals surface area contributed by atoms with Crippen molar-refractivity contribution < 1.29 is 14.0 Å². The number of nitrogens with one attached hydrogen (secondary N) is 1. The number of rotatable bonds is 4. The first-order valence-electron chi connectivity index (χ1n) is 9.90. The van der Waals surface area contributed by atoms with E-state index in [-0.39, 0.29) is 11.1 Å². The third kappa shape index (κ3) is 3.49. The van der Waals surface area contributed by atoms with Crippen molar-refractivity contribution in [1.29, 1.82) is 0 Å². The largest absolute Gasteiger partial charge is 0.479 e. The molecule has 0 spiro atoms. The maximum Gasteiger partial charge on any atom is 0.238 e. The SMILES string of the molecule is COc1nc(C2=NC(c3cn(C)c4cc(F)c(Cl)cc34)CON2)ccc1-n1cnc(C)c1. The van der Waals surface area contributed by atoms with Gasteiger partial charge in [0.25, 0.3) is 0 Å². The molecule has 0 fully saturated rings. The molecule has 1 aliphatic heterocycles. The molecule has 8 nitrogen and oxygen atoms in total. The van der Waals surface area contributed by atoms with E-state index in [1.54, 1.807) is 19.5 Å². The number of hydroxylamine groups is 1. The predicted octanol–water partition coefficient (Wildman–Crippen LogP) is 3.89. The Morgan fingerprint density at radius 3 is 2.88 bits per heavy atom. The molecule has 0 saturated heterocycles. The Kier molecular flexibility index (Phi) is 5.07. The molecule has 32 heavy (non-hydrogen) atoms. The highest BCUT2D eigenvalue weighted by atomic mass is 35.5. The van der Waals surface area contributed by atoms with E-state index < -0.39 is 5.82 Å². The van der Waals surface area contributed by atoms with Crippen LogP contribution in [0.3, 0.4) is 0 Å². The van der Waals surface area contributed by atoms with Crippen molar-refractivity contribution in [3.63, 3.8) is 0 Å². The summed E-state index contributed by atoms with van der Waals surface area (Å²) in [5, 5.41) is 0.898. The van der Waals surface area contributed by atoms with Crippen LogP contribution in [0, 0.1) is 12.7 Å². The van der Waals surface area contributed by atoms with Crippen LogP contribution in [-0.2, 0) is 11.9 Å². The Morgan fingerprint density at radius 1 is 1.28 bits per heavy atom. The van der Waals surface area contributed by atoms with Gasteiger partial charge in [-0.3, -0.25) is 9.83 Å². The number of aryl methyl sites for hydroxylation is 2. The second kappa shape index (κ2) is 7.92. The van der Waals surface area contributed by atoms with Crippen molar-refractivity contribution in [3.8, 4) is 11.6 Å². The molecule has 0 saturated carbocycles. The quantitative estimate of drug-likeness (QED) is 0.506. The summed E-state index contributed by atoms with van der Waals surface area (Å²) in [5.74, 6) is 0.444. The number of pyridine rings is 1. The lowest BCUT2D eigenvalue weighted by atomic mass is 10.1. The van der Waals surface area contributed by atoms with Gasteiger partial charge in [-0.15, -0.1) is 0 Å². The van der Waals surface area contributed by atoms with Crippen molar-refractivity contribution in [2.75, 3.05) is 13.7 Å². The molecule has 3 aromatic heterocycles. The number of ether oxygens (including phenoxy) is 1. The Hall–Kier alpha value is -3.43. The summed E-state index contributed by atoms with van der Waals surface area (Å²) in [5.41, 5.74) is 6.68. The smallest absolute Gasteiger partial charge is 0.238 e. The lowest BCUT2D eigenvalue weighted by Crippen LogP contribution is -2.33. The summed E-state index contributed by atoms with van der Waals surface area (Å²) in [6.45, 7) is 2.22. The van der Waals surface area contributed by atoms with E-state index in [0.717, 1.165) is 27.8 Å². The fourth-order valence-electron chi connectivity index (χ4n) is 3.82. The summed E-state index contributed by atoms with van der Waals surface area (Å²) < 4.78 is 23.2. The molecule has 1 aliphatic rings. The number of aromatic nitrogens is 4. The standard InChI is InChI=1S/C22H20ClFN6O2/c1-12-8-30(11-25-12)19-5-4-17(27-22(19)31-3)21-26-18(10-32-28-21)14-9-29(2)20-7-16(24)15(23)6-13(14)20/h4-9,11,18H,10H2,1-3H3,(H,26,28). The highest BCUT2D eigenvalue weighted by molar-refractivity contribution is 6.31. The zero-order chi connectivity index (χ0) is 22.4. The molecule has 4 heterocycles. The number of aliphatic imine (C=N–C) groups is 1. The van der Waals surface area contributed by atoms with E-state index >= 15 is 0 Å². The molecule has 164 valence electrons. The Balaban J connectivity index is 1.54. The first-order chi connectivity index (χ1) is 15.4. The van der Waals surface area contributed by atoms with Crippen LogP contribution in [0.4, 0.5) is 4.39 Å². The predicted molar refractivity (Wildman–Crippen MR) is 119 cm³/mol. The van der Waals surface area contributed by atoms with Gasteiger partial charge in [0, 0.05) is 30.4 Å². The number of amidine groups is 1. The minimum absolute atomic E-state index is 0.0701. The number of benzene rings is 1. The number of nitrogens with zero attached hydrogens (tertiary/aromatic N) is 5. The Bertz CT molecular complexity index is 1360. The van der Waals surface area contributed by atoms with Gasteiger partial charge in [0.05, 0.1) is 29.7 Å². The molecule has 10 heteroatoms. The van der Waals surface area contributed by atoms with E-state index in [1.807, 2.05) is 47.6 Å². The van der Waals surface area contributed by atoms with E-state index in [1.165, 1.54) is 6.07 Å². The first-order valence-corrected chi connectivity index (χ1v) is 10.3. The van der Waals surface area contributed by atoms with Gasteiger partial charge in [-0.1, -0.05) is 11.6 Å². The third-order valence-electron chi connectivity index (χ3n) is 5.38. The average Bonchev–Trinajstić information content (AvgIpc) is 3.37. The molecular formula is C22H20ClFN6O2. The summed E-state index contributed by atoms with van der Waals surface area (Å²) in [6, 6.07) is 6.45. The topological polar surface area (TPSA) is 78.5 Å². The van der Waals surface area contributed by atoms with Crippen LogP contribution >= 0.6 is 11.6 Å². The third-order valence-corrected chi connectivity index (χ3v) is 5.67. The van der Waals surface area contributed by atoms with Crippen LogP contribution in [0.2, 0.25) is 5.02 Å². The minimum Gasteiger partial charge on any atom is -0.479 e. The number of hydrogen-bond acceptors (Lipinski definition) is 6. The zero-order valence-corrected chi connectivity index (χ0v) is 18.4. The molecule has 0 amide bonds. The number of hydrogen-bond donors (Lipinski definition) is 1. The lowest BCUT2D eigenvalue weighted by Gasteiger charge is -2.22. The van der Waals surface area contributed by atoms with E-state index in [4.69, 9.17) is 26.2 Å². The summed E-state index contributed by atoms with van der Waals surface area (Å²) in [6.07, 6.45) is 5.52. The van der Waals surface area contributed by atoms with Gasteiger partial charge in [-0.2, -0.15) is 0 Å². The van der Waals surface area contributed by atoms with Crippen LogP contribution in [-0.4, -0.2) is 38.7 Å². The Labute approximate surface area is 188 Å². The van der Waals surface area contributed by atoms with Crippen LogP contribution in [0.15, 0.2) is 48.0 Å². The monoisotopic (exact) mass is 454 g/mol. The van der Waals surface area contributed by atoms with Gasteiger partial charge < -0.3 is 13.9 Å². The van der Waals surface area contributed by atoms with Gasteiger partial charge in [0.2, 0.25) is 5.88 Å². The van der Waals surface area contributed by atoms with Crippen LogP contribution in [0.1, 0.15) is 23.0 Å². The molecular weight excluding hydrogens is 435 g/mol. The molecule has 1 N–H and O–H groups in total. The van der Waals surface area contributed by atoms with Crippen LogP contribution in [0.5, 0.6) is 5.88 Å². The lowest BCUT2D eigenvalue weighted by molar-refractivity contribution is 0.0623. The first kappa shape index (κ1) is 20.5. The maximum atomic E-state index is 14.0. The van der Waals surface area contributed by atoms with Crippen LogP contribution in [0.25, 0.3) is 16.6 Å². The van der Waals surface area contributed by atoms with Crippen molar-refractivity contribution in [2.45, 2.75) is 13.0 Å². The van der Waals surface area contributed by atoms with Gasteiger partial charge >= 0.3 is 0 Å². The Morgan fingerprint density at radius 2 is 2.12 bits per heavy atom. The second-order valence-corrected chi connectivity index (χ2v) is 7.94. The molecule has 4 aromatic rings. The fraction of sp³-hybridized carbons (Fsp3) is 0.227. The van der Waals surface area contributed by atoms with E-state index in [2.05, 4.69) is 15.4 Å². The molecule has 1 unspecified atom stereocenters. The highest BCUT2D eigenvalue weighted by Gasteiger charge is 2.24. The van der Waals surface area contributed by atoms with Crippen molar-refractivity contribution in [1.82, 2.24) is 24.6 Å². The molecule has 0 radical (unpaired) electrons. The number of halogens is 2. The van der Waals surface area contributed by atoms with Gasteiger partial charge in [-0.05, 0) is 31.2 Å². The fourth-order valence-corrected chi connectivity index (χ4v) is 3.99. The molecule has 1 aromatic carbocycles. The van der Waals surface area contributed by atoms with E-state index in [0.29, 0.717) is 24.0 Å². The molecule has 1 atom stereocenters. The van der Waals surface area contributed by atoms with Crippen molar-refractivity contribution >= 4 is 28.3 Å². The average molecular weight is 455 g/mol. The normalized spacial score (nSPS) is 16.2. The minimum atomic E-state index is -0.456. The van der Waals surface area contributed by atoms with Crippen molar-refractivity contribution in [2.24, 2.45) is 12.0 Å². The highest BCUT2D eigenvalue weighted by Crippen LogP contribution is 2.33. The van der Waals surface area contributed by atoms with E-state index in [9.17, 15) is 4.39 Å². The van der Waals surface area contributed by atoms with Crippen LogP contribution < -0.4 is 10.2 Å².